The maximum absolute atomic E-state index is 10.7. The first-order valence-electron chi connectivity index (χ1n) is 10.6. The number of hydrogen-bond donors (Lipinski definition) is 3. The number of aliphatic hydroxyl groups excluding tert-OH is 2. The highest BCUT2D eigenvalue weighted by Crippen LogP contribution is 2.57. The van der Waals surface area contributed by atoms with Crippen molar-refractivity contribution in [2.75, 3.05) is 6.61 Å². The lowest BCUT2D eigenvalue weighted by atomic mass is 9.64. The van der Waals surface area contributed by atoms with Gasteiger partial charge >= 0.3 is 0 Å². The quantitative estimate of drug-likeness (QED) is 0.640. The van der Waals surface area contributed by atoms with Crippen LogP contribution in [0.15, 0.2) is 24.3 Å². The summed E-state index contributed by atoms with van der Waals surface area (Å²) in [6.07, 6.45) is 9.12. The van der Waals surface area contributed by atoms with Crippen molar-refractivity contribution < 1.29 is 15.3 Å². The van der Waals surface area contributed by atoms with E-state index in [2.05, 4.69) is 19.1 Å². The Morgan fingerprint density at radius 3 is 2.70 bits per heavy atom. The second-order valence-corrected chi connectivity index (χ2v) is 8.87. The van der Waals surface area contributed by atoms with Gasteiger partial charge in [-0.15, -0.1) is 0 Å². The number of aliphatic hydroxyl groups is 2. The van der Waals surface area contributed by atoms with Crippen LogP contribution >= 0.6 is 0 Å². The molecule has 2 aromatic rings. The smallest absolute Gasteiger partial charge is 0.116 e. The zero-order chi connectivity index (χ0) is 19.0. The Kier molecular flexibility index (Phi) is 5.17. The van der Waals surface area contributed by atoms with Gasteiger partial charge in [0.05, 0.1) is 6.10 Å². The van der Waals surface area contributed by atoms with Crippen molar-refractivity contribution in [3.8, 4) is 5.75 Å². The molecule has 2 aliphatic rings. The van der Waals surface area contributed by atoms with E-state index in [1.54, 1.807) is 6.07 Å². The molecule has 0 amide bonds. The molecule has 146 valence electrons. The van der Waals surface area contributed by atoms with Crippen molar-refractivity contribution in [3.05, 3.63) is 41.0 Å². The van der Waals surface area contributed by atoms with Crippen LogP contribution in [0.1, 0.15) is 74.5 Å². The minimum atomic E-state index is -0.191. The molecule has 27 heavy (non-hydrogen) atoms. The minimum absolute atomic E-state index is 0.00321. The van der Waals surface area contributed by atoms with Gasteiger partial charge in [0.25, 0.3) is 0 Å². The summed E-state index contributed by atoms with van der Waals surface area (Å²) >= 11 is 0. The van der Waals surface area contributed by atoms with Crippen LogP contribution in [-0.4, -0.2) is 28.0 Å². The van der Waals surface area contributed by atoms with Crippen LogP contribution in [0.4, 0.5) is 0 Å². The number of rotatable bonds is 6. The van der Waals surface area contributed by atoms with Crippen LogP contribution in [0.5, 0.6) is 5.75 Å². The highest BCUT2D eigenvalue weighted by atomic mass is 16.3. The minimum Gasteiger partial charge on any atom is -0.508 e. The van der Waals surface area contributed by atoms with Gasteiger partial charge in [0.2, 0.25) is 0 Å². The third-order valence-corrected chi connectivity index (χ3v) is 7.26. The summed E-state index contributed by atoms with van der Waals surface area (Å²) < 4.78 is 0. The summed E-state index contributed by atoms with van der Waals surface area (Å²) in [6.45, 7) is 2.56. The summed E-state index contributed by atoms with van der Waals surface area (Å²) in [5, 5.41) is 32.0. The molecule has 0 radical (unpaired) electrons. The molecule has 0 spiro atoms. The molecule has 2 aliphatic carbocycles. The Labute approximate surface area is 162 Å². The van der Waals surface area contributed by atoms with Gasteiger partial charge < -0.3 is 15.3 Å². The zero-order valence-corrected chi connectivity index (χ0v) is 16.4. The van der Waals surface area contributed by atoms with E-state index in [0.29, 0.717) is 11.7 Å². The second kappa shape index (κ2) is 7.44. The van der Waals surface area contributed by atoms with E-state index >= 15 is 0 Å². The zero-order valence-electron chi connectivity index (χ0n) is 16.4. The van der Waals surface area contributed by atoms with Crippen molar-refractivity contribution >= 4 is 10.8 Å². The Morgan fingerprint density at radius 1 is 1.07 bits per heavy atom. The lowest BCUT2D eigenvalue weighted by molar-refractivity contribution is 0.0457. The maximum Gasteiger partial charge on any atom is 0.116 e. The molecule has 0 aliphatic heterocycles. The standard InChI is InChI=1S/C24H32O3/c1-24-12-11-20-19-8-7-18(26)15-17(19)14-16(6-4-2-3-5-13-25)23(20)21(24)9-10-22(24)27/h7-8,14-15,21-22,25-27H,2-6,9-13H2,1H3/t21?,22?,24-/m0/s1. The number of aryl methyl sites for hydroxylation is 2. The Hall–Kier alpha value is -1.58. The van der Waals surface area contributed by atoms with Crippen LogP contribution in [0.3, 0.4) is 0 Å². The number of unbranched alkanes of at least 4 members (excludes halogenated alkanes) is 3. The average Bonchev–Trinajstić information content (AvgIpc) is 2.96. The van der Waals surface area contributed by atoms with E-state index < -0.39 is 0 Å². The van der Waals surface area contributed by atoms with Crippen molar-refractivity contribution in [1.82, 2.24) is 0 Å². The van der Waals surface area contributed by atoms with Gasteiger partial charge in [0.15, 0.2) is 0 Å². The second-order valence-electron chi connectivity index (χ2n) is 8.87. The molecule has 0 heterocycles. The lowest BCUT2D eigenvalue weighted by Gasteiger charge is -2.41. The molecule has 1 saturated carbocycles. The lowest BCUT2D eigenvalue weighted by Crippen LogP contribution is -2.36. The summed E-state index contributed by atoms with van der Waals surface area (Å²) in [7, 11) is 0. The van der Waals surface area contributed by atoms with Crippen LogP contribution < -0.4 is 0 Å². The number of fused-ring (bicyclic) bond motifs is 5. The third-order valence-electron chi connectivity index (χ3n) is 7.26. The van der Waals surface area contributed by atoms with Crippen LogP contribution in [0, 0.1) is 5.41 Å². The van der Waals surface area contributed by atoms with Gasteiger partial charge in [-0.1, -0.05) is 31.9 Å². The highest BCUT2D eigenvalue weighted by molar-refractivity contribution is 5.89. The summed E-state index contributed by atoms with van der Waals surface area (Å²) in [5.41, 5.74) is 4.37. The van der Waals surface area contributed by atoms with Gasteiger partial charge in [-0.2, -0.15) is 0 Å². The van der Waals surface area contributed by atoms with E-state index in [1.807, 2.05) is 6.07 Å². The van der Waals surface area contributed by atoms with Crippen LogP contribution in [0.2, 0.25) is 0 Å². The predicted octanol–water partition coefficient (Wildman–Crippen LogP) is 4.83. The molecule has 4 rings (SSSR count). The fourth-order valence-corrected chi connectivity index (χ4v) is 5.67. The molecule has 3 atom stereocenters. The number of phenols is 1. The van der Waals surface area contributed by atoms with Gasteiger partial charge in [0, 0.05) is 12.0 Å². The SMILES string of the molecule is C[C@]12CCc3c(c(CCCCCCO)cc4cc(O)ccc34)C1CCC2O. The first-order chi connectivity index (χ1) is 13.0. The van der Waals surface area contributed by atoms with Gasteiger partial charge in [0.1, 0.15) is 5.75 Å². The van der Waals surface area contributed by atoms with Crippen molar-refractivity contribution in [1.29, 1.82) is 0 Å². The summed E-state index contributed by atoms with van der Waals surface area (Å²) in [4.78, 5) is 0. The number of aromatic hydroxyl groups is 1. The van der Waals surface area contributed by atoms with Crippen LogP contribution in [0.25, 0.3) is 10.8 Å². The molecule has 2 unspecified atom stereocenters. The van der Waals surface area contributed by atoms with E-state index in [1.165, 1.54) is 22.1 Å². The largest absolute Gasteiger partial charge is 0.508 e. The molecule has 2 aromatic carbocycles. The van der Waals surface area contributed by atoms with Gasteiger partial charge in [-0.05, 0) is 90.5 Å². The molecular formula is C24H32O3. The summed E-state index contributed by atoms with van der Waals surface area (Å²) in [6, 6.07) is 8.05. The Morgan fingerprint density at radius 2 is 1.89 bits per heavy atom. The predicted molar refractivity (Wildman–Crippen MR) is 109 cm³/mol. The molecule has 0 bridgehead atoms. The fourth-order valence-electron chi connectivity index (χ4n) is 5.67. The molecule has 1 fully saturated rings. The molecule has 3 N–H and O–H groups in total. The average molecular weight is 369 g/mol. The molecule has 3 heteroatoms. The van der Waals surface area contributed by atoms with E-state index in [9.17, 15) is 10.2 Å². The molecule has 0 saturated heterocycles. The first kappa shape index (κ1) is 18.8. The normalized spacial score (nSPS) is 26.9. The van der Waals surface area contributed by atoms with E-state index in [4.69, 9.17) is 5.11 Å². The molecule has 3 nitrogen and oxygen atoms in total. The van der Waals surface area contributed by atoms with E-state index in [0.717, 1.165) is 63.2 Å². The third kappa shape index (κ3) is 3.25. The molecule has 0 aromatic heterocycles. The van der Waals surface area contributed by atoms with Crippen LogP contribution in [-0.2, 0) is 12.8 Å². The topological polar surface area (TPSA) is 60.7 Å². The summed E-state index contributed by atoms with van der Waals surface area (Å²) in [5.74, 6) is 0.773. The molecular weight excluding hydrogens is 336 g/mol. The Bertz CT molecular complexity index is 828. The van der Waals surface area contributed by atoms with Crippen molar-refractivity contribution in [2.45, 2.75) is 76.7 Å². The number of phenolic OH excluding ortho intramolecular Hbond substituents is 1. The van der Waals surface area contributed by atoms with E-state index in [-0.39, 0.29) is 18.1 Å². The van der Waals surface area contributed by atoms with Crippen molar-refractivity contribution in [3.63, 3.8) is 0 Å². The highest BCUT2D eigenvalue weighted by Gasteiger charge is 2.49. The maximum atomic E-state index is 10.7. The van der Waals surface area contributed by atoms with Gasteiger partial charge in [-0.25, -0.2) is 0 Å². The van der Waals surface area contributed by atoms with Crippen molar-refractivity contribution in [2.24, 2.45) is 5.41 Å². The Balaban J connectivity index is 1.75. The monoisotopic (exact) mass is 368 g/mol. The van der Waals surface area contributed by atoms with Gasteiger partial charge in [-0.3, -0.25) is 0 Å². The first-order valence-corrected chi connectivity index (χ1v) is 10.6. The number of hydrogen-bond acceptors (Lipinski definition) is 3. The number of benzene rings is 2. The fraction of sp³-hybridized carbons (Fsp3) is 0.583.